The van der Waals surface area contributed by atoms with Gasteiger partial charge in [0.25, 0.3) is 0 Å². The lowest BCUT2D eigenvalue weighted by Crippen LogP contribution is -2.44. The standard InChI is InChI=1S/C15H16F3N5O5/c16-15(17,18)28-9-1-2-11-12(7-9)23(26)21-14(22(11)25)20-6-4-13(24)27-10-3-5-19-8-10/h1-2,7,10,19H,3-6,8H2,(H,20,21). The number of carbonyl (C=O) groups excluding carboxylic acids is 1. The number of hydrogen-bond donors (Lipinski definition) is 2. The third kappa shape index (κ3) is 4.79. The SMILES string of the molecule is O=C(CCNc1n[n+]([O-])c2cc(OC(F)(F)F)ccc2[n+]1[O-])OC1CCNC1. The molecule has 0 amide bonds. The molecule has 3 rings (SSSR count). The summed E-state index contributed by atoms with van der Waals surface area (Å²) in [6.45, 7) is 1.34. The quantitative estimate of drug-likeness (QED) is 0.395. The van der Waals surface area contributed by atoms with E-state index in [1.807, 2.05) is 0 Å². The van der Waals surface area contributed by atoms with Crippen LogP contribution < -0.4 is 24.9 Å². The summed E-state index contributed by atoms with van der Waals surface area (Å²) in [5.74, 6) is -1.53. The van der Waals surface area contributed by atoms with Crippen molar-refractivity contribution in [3.63, 3.8) is 0 Å². The van der Waals surface area contributed by atoms with E-state index >= 15 is 0 Å². The smallest absolute Gasteiger partial charge is 0.573 e. The molecule has 1 saturated heterocycles. The van der Waals surface area contributed by atoms with Crippen LogP contribution in [0.25, 0.3) is 11.0 Å². The van der Waals surface area contributed by atoms with Crippen LogP contribution in [-0.2, 0) is 9.53 Å². The van der Waals surface area contributed by atoms with Gasteiger partial charge >= 0.3 is 23.8 Å². The molecule has 2 N–H and O–H groups in total. The van der Waals surface area contributed by atoms with Gasteiger partial charge in [0.05, 0.1) is 19.0 Å². The number of esters is 1. The van der Waals surface area contributed by atoms with Crippen molar-refractivity contribution >= 4 is 23.0 Å². The Hall–Kier alpha value is -3.09. The average Bonchev–Trinajstić information content (AvgIpc) is 3.10. The topological polar surface area (TPSA) is 126 Å². The van der Waals surface area contributed by atoms with Gasteiger partial charge in [0, 0.05) is 11.4 Å². The highest BCUT2D eigenvalue weighted by atomic mass is 19.4. The second-order valence-electron chi connectivity index (χ2n) is 5.97. The summed E-state index contributed by atoms with van der Waals surface area (Å²) in [5.41, 5.74) is -0.628. The Labute approximate surface area is 156 Å². The number of anilines is 1. The predicted octanol–water partition coefficient (Wildman–Crippen LogP) is 0.107. The van der Waals surface area contributed by atoms with Gasteiger partial charge in [-0.15, -0.1) is 13.2 Å². The minimum absolute atomic E-state index is 0.00216. The molecule has 28 heavy (non-hydrogen) atoms. The molecule has 0 spiro atoms. The van der Waals surface area contributed by atoms with Gasteiger partial charge in [0.1, 0.15) is 11.9 Å². The van der Waals surface area contributed by atoms with E-state index in [-0.39, 0.29) is 34.2 Å². The molecular formula is C15H16F3N5O5. The summed E-state index contributed by atoms with van der Waals surface area (Å²) in [6.07, 6.45) is -4.46. The summed E-state index contributed by atoms with van der Waals surface area (Å²) < 4.78 is 46.0. The first-order chi connectivity index (χ1) is 13.2. The first-order valence-corrected chi connectivity index (χ1v) is 8.30. The number of carbonyl (C=O) groups is 1. The monoisotopic (exact) mass is 403 g/mol. The van der Waals surface area contributed by atoms with Crippen molar-refractivity contribution in [2.75, 3.05) is 25.0 Å². The van der Waals surface area contributed by atoms with E-state index in [9.17, 15) is 28.4 Å². The molecule has 1 fully saturated rings. The van der Waals surface area contributed by atoms with Crippen LogP contribution in [0.2, 0.25) is 0 Å². The van der Waals surface area contributed by atoms with E-state index < -0.39 is 29.5 Å². The molecule has 1 aromatic carbocycles. The Kier molecular flexibility index (Phi) is 5.53. The van der Waals surface area contributed by atoms with Crippen LogP contribution in [0.15, 0.2) is 18.2 Å². The number of halogens is 3. The van der Waals surface area contributed by atoms with Gasteiger partial charge in [0.2, 0.25) is 5.10 Å². The molecule has 1 atom stereocenters. The third-order valence-corrected chi connectivity index (χ3v) is 3.91. The predicted molar refractivity (Wildman–Crippen MR) is 86.8 cm³/mol. The number of ether oxygens (including phenoxy) is 2. The normalized spacial score (nSPS) is 16.9. The number of benzene rings is 1. The maximum atomic E-state index is 12.3. The molecule has 2 aromatic rings. The van der Waals surface area contributed by atoms with Crippen molar-refractivity contribution in [3.05, 3.63) is 28.6 Å². The zero-order chi connectivity index (χ0) is 20.3. The van der Waals surface area contributed by atoms with Crippen molar-refractivity contribution in [1.29, 1.82) is 0 Å². The molecule has 152 valence electrons. The Morgan fingerprint density at radius 1 is 1.36 bits per heavy atom. The van der Waals surface area contributed by atoms with Crippen molar-refractivity contribution in [2.24, 2.45) is 0 Å². The lowest BCUT2D eigenvalue weighted by molar-refractivity contribution is -0.672. The summed E-state index contributed by atoms with van der Waals surface area (Å²) in [6, 6.07) is 2.67. The highest BCUT2D eigenvalue weighted by Crippen LogP contribution is 2.24. The highest BCUT2D eigenvalue weighted by molar-refractivity contribution is 5.71. The minimum atomic E-state index is -4.94. The van der Waals surface area contributed by atoms with Crippen LogP contribution in [-0.4, -0.2) is 43.2 Å². The number of aromatic nitrogens is 3. The molecule has 0 aliphatic carbocycles. The first kappa shape index (κ1) is 19.7. The lowest BCUT2D eigenvalue weighted by Gasteiger charge is -2.12. The Bertz CT molecular complexity index is 873. The van der Waals surface area contributed by atoms with E-state index in [0.29, 0.717) is 6.54 Å². The maximum Gasteiger partial charge on any atom is 0.573 e. The Morgan fingerprint density at radius 2 is 2.14 bits per heavy atom. The highest BCUT2D eigenvalue weighted by Gasteiger charge is 2.32. The van der Waals surface area contributed by atoms with Crippen molar-refractivity contribution in [2.45, 2.75) is 25.3 Å². The Morgan fingerprint density at radius 3 is 2.82 bits per heavy atom. The van der Waals surface area contributed by atoms with Crippen LogP contribution in [0.3, 0.4) is 0 Å². The fourth-order valence-corrected chi connectivity index (χ4v) is 2.68. The van der Waals surface area contributed by atoms with Gasteiger partial charge < -0.3 is 25.2 Å². The van der Waals surface area contributed by atoms with Crippen LogP contribution in [0, 0.1) is 10.4 Å². The average molecular weight is 403 g/mol. The molecule has 0 radical (unpaired) electrons. The molecule has 1 aliphatic rings. The number of fused-ring (bicyclic) bond motifs is 1. The summed E-state index contributed by atoms with van der Waals surface area (Å²) in [4.78, 5) is 11.7. The van der Waals surface area contributed by atoms with Crippen LogP contribution in [0.1, 0.15) is 12.8 Å². The molecule has 0 saturated carbocycles. The zero-order valence-corrected chi connectivity index (χ0v) is 14.4. The molecule has 10 nitrogen and oxygen atoms in total. The third-order valence-electron chi connectivity index (χ3n) is 3.91. The molecular weight excluding hydrogens is 387 g/mol. The van der Waals surface area contributed by atoms with Crippen LogP contribution in [0.5, 0.6) is 5.75 Å². The van der Waals surface area contributed by atoms with Crippen molar-refractivity contribution in [3.8, 4) is 5.75 Å². The number of rotatable bonds is 6. The van der Waals surface area contributed by atoms with Gasteiger partial charge in [-0.25, -0.2) is 4.73 Å². The van der Waals surface area contributed by atoms with E-state index in [4.69, 9.17) is 4.74 Å². The van der Waals surface area contributed by atoms with Crippen molar-refractivity contribution in [1.82, 2.24) is 10.4 Å². The molecule has 1 unspecified atom stereocenters. The first-order valence-electron chi connectivity index (χ1n) is 8.30. The number of alkyl halides is 3. The van der Waals surface area contributed by atoms with E-state index in [0.717, 1.165) is 31.2 Å². The minimum Gasteiger partial charge on any atom is -0.739 e. The molecule has 1 aliphatic heterocycles. The maximum absolute atomic E-state index is 12.3. The number of nitrogens with zero attached hydrogens (tertiary/aromatic N) is 3. The van der Waals surface area contributed by atoms with E-state index in [1.54, 1.807) is 0 Å². The molecule has 2 heterocycles. The van der Waals surface area contributed by atoms with Gasteiger partial charge in [-0.3, -0.25) is 10.1 Å². The van der Waals surface area contributed by atoms with Crippen LogP contribution >= 0.6 is 0 Å². The van der Waals surface area contributed by atoms with Crippen LogP contribution in [0.4, 0.5) is 19.1 Å². The second kappa shape index (κ2) is 7.88. The second-order valence-corrected chi connectivity index (χ2v) is 5.97. The van der Waals surface area contributed by atoms with E-state index in [1.165, 1.54) is 0 Å². The zero-order valence-electron chi connectivity index (χ0n) is 14.4. The lowest BCUT2D eigenvalue weighted by atomic mass is 10.3. The van der Waals surface area contributed by atoms with E-state index in [2.05, 4.69) is 20.5 Å². The summed E-state index contributed by atoms with van der Waals surface area (Å²) in [5, 5.41) is 33.3. The van der Waals surface area contributed by atoms with Crippen molar-refractivity contribution < 1.29 is 37.0 Å². The fraction of sp³-hybridized carbons (Fsp3) is 0.467. The summed E-state index contributed by atoms with van der Waals surface area (Å²) >= 11 is 0. The largest absolute Gasteiger partial charge is 0.739 e. The molecule has 1 aromatic heterocycles. The number of hydrogen-bond acceptors (Lipinski definition) is 8. The van der Waals surface area contributed by atoms with Gasteiger partial charge in [-0.2, -0.15) is 0 Å². The molecule has 0 bridgehead atoms. The molecule has 13 heteroatoms. The van der Waals surface area contributed by atoms with Gasteiger partial charge in [0.15, 0.2) is 5.52 Å². The summed E-state index contributed by atoms with van der Waals surface area (Å²) in [7, 11) is 0. The van der Waals surface area contributed by atoms with Gasteiger partial charge in [-0.05, 0) is 25.1 Å². The number of nitrogens with one attached hydrogen (secondary N) is 2. The fourth-order valence-electron chi connectivity index (χ4n) is 2.68. The van der Waals surface area contributed by atoms with Gasteiger partial charge in [-0.1, -0.05) is 0 Å². The Balaban J connectivity index is 1.67.